The second-order valence-electron chi connectivity index (χ2n) is 7.17. The molecular formula is C21H25N3O6. The van der Waals surface area contributed by atoms with Crippen LogP contribution in [0.1, 0.15) is 27.9 Å². The van der Waals surface area contributed by atoms with Gasteiger partial charge in [0.2, 0.25) is 12.7 Å². The van der Waals surface area contributed by atoms with E-state index in [1.807, 2.05) is 19.1 Å². The first kappa shape index (κ1) is 20.2. The fraction of sp³-hybridized carbons (Fsp3) is 0.429. The number of fused-ring (bicyclic) bond motifs is 1. The van der Waals surface area contributed by atoms with E-state index >= 15 is 0 Å². The number of hydrogen-bond acceptors (Lipinski definition) is 7. The minimum Gasteiger partial charge on any atom is -0.465 e. The Kier molecular flexibility index (Phi) is 6.20. The fourth-order valence-corrected chi connectivity index (χ4v) is 3.50. The first-order chi connectivity index (χ1) is 14.6. The number of aryl methyl sites for hydroxylation is 1. The van der Waals surface area contributed by atoms with E-state index in [1.54, 1.807) is 18.2 Å². The van der Waals surface area contributed by atoms with Crippen LogP contribution in [-0.2, 0) is 9.53 Å². The van der Waals surface area contributed by atoms with Gasteiger partial charge in [-0.05, 0) is 37.3 Å². The number of ether oxygens (including phenoxy) is 3. The van der Waals surface area contributed by atoms with Crippen molar-refractivity contribution in [3.8, 4) is 11.5 Å². The highest BCUT2D eigenvalue weighted by molar-refractivity contribution is 5.97. The minimum absolute atomic E-state index is 0.0869. The SMILES string of the molecule is Cc1ccc(C(CNC(=O)CNC(=O)c2ccc3c(c2)OCO3)N2CCOCC2)o1. The highest BCUT2D eigenvalue weighted by Crippen LogP contribution is 2.32. The van der Waals surface area contributed by atoms with Gasteiger partial charge < -0.3 is 29.3 Å². The maximum atomic E-state index is 12.3. The van der Waals surface area contributed by atoms with E-state index in [-0.39, 0.29) is 31.2 Å². The van der Waals surface area contributed by atoms with Crippen LogP contribution in [-0.4, -0.2) is 62.9 Å². The normalized spacial score (nSPS) is 16.8. The Morgan fingerprint density at radius 2 is 1.87 bits per heavy atom. The number of amides is 2. The van der Waals surface area contributed by atoms with Crippen molar-refractivity contribution in [3.05, 3.63) is 47.4 Å². The van der Waals surface area contributed by atoms with Crippen LogP contribution >= 0.6 is 0 Å². The standard InChI is InChI=1S/C21H25N3O6/c1-14-2-4-17(30-14)16(24-6-8-27-9-7-24)11-22-20(25)12-23-21(26)15-3-5-18-19(10-15)29-13-28-18/h2-5,10,16H,6-9,11-13H2,1H3,(H,22,25)(H,23,26). The van der Waals surface area contributed by atoms with Crippen LogP contribution in [0.2, 0.25) is 0 Å². The molecule has 0 radical (unpaired) electrons. The van der Waals surface area contributed by atoms with E-state index in [1.165, 1.54) is 0 Å². The Morgan fingerprint density at radius 3 is 2.63 bits per heavy atom. The van der Waals surface area contributed by atoms with Crippen molar-refractivity contribution in [1.82, 2.24) is 15.5 Å². The Hall–Kier alpha value is -3.04. The summed E-state index contributed by atoms with van der Waals surface area (Å²) in [4.78, 5) is 26.9. The summed E-state index contributed by atoms with van der Waals surface area (Å²) in [6, 6.07) is 8.67. The van der Waals surface area contributed by atoms with Gasteiger partial charge in [-0.1, -0.05) is 0 Å². The van der Waals surface area contributed by atoms with Gasteiger partial charge in [0.1, 0.15) is 11.5 Å². The number of nitrogens with one attached hydrogen (secondary N) is 2. The first-order valence-corrected chi connectivity index (χ1v) is 9.93. The van der Waals surface area contributed by atoms with Gasteiger partial charge in [0.15, 0.2) is 11.5 Å². The molecule has 9 heteroatoms. The number of hydrogen-bond donors (Lipinski definition) is 2. The van der Waals surface area contributed by atoms with Crippen LogP contribution in [0.4, 0.5) is 0 Å². The van der Waals surface area contributed by atoms with Crippen molar-refractivity contribution in [3.63, 3.8) is 0 Å². The summed E-state index contributed by atoms with van der Waals surface area (Å²) >= 11 is 0. The number of nitrogens with zero attached hydrogens (tertiary/aromatic N) is 1. The van der Waals surface area contributed by atoms with Crippen LogP contribution in [0.25, 0.3) is 0 Å². The van der Waals surface area contributed by atoms with Crippen LogP contribution in [0.3, 0.4) is 0 Å². The summed E-state index contributed by atoms with van der Waals surface area (Å²) in [5, 5.41) is 5.53. The van der Waals surface area contributed by atoms with Crippen molar-refractivity contribution in [2.24, 2.45) is 0 Å². The maximum Gasteiger partial charge on any atom is 0.251 e. The maximum absolute atomic E-state index is 12.3. The highest BCUT2D eigenvalue weighted by Gasteiger charge is 2.26. The second kappa shape index (κ2) is 9.19. The zero-order valence-corrected chi connectivity index (χ0v) is 16.8. The van der Waals surface area contributed by atoms with Gasteiger partial charge in [0, 0.05) is 25.2 Å². The molecule has 2 aliphatic heterocycles. The van der Waals surface area contributed by atoms with Gasteiger partial charge in [-0.25, -0.2) is 0 Å². The largest absolute Gasteiger partial charge is 0.465 e. The van der Waals surface area contributed by atoms with Crippen molar-refractivity contribution in [2.45, 2.75) is 13.0 Å². The highest BCUT2D eigenvalue weighted by atomic mass is 16.7. The van der Waals surface area contributed by atoms with Crippen molar-refractivity contribution >= 4 is 11.8 Å². The molecule has 0 aliphatic carbocycles. The van der Waals surface area contributed by atoms with Crippen LogP contribution in [0.5, 0.6) is 11.5 Å². The molecule has 2 aliphatic rings. The van der Waals surface area contributed by atoms with Crippen LogP contribution in [0.15, 0.2) is 34.7 Å². The van der Waals surface area contributed by atoms with E-state index in [2.05, 4.69) is 15.5 Å². The third kappa shape index (κ3) is 4.74. The predicted octanol–water partition coefficient (Wildman–Crippen LogP) is 1.24. The van der Waals surface area contributed by atoms with Gasteiger partial charge in [-0.2, -0.15) is 0 Å². The Labute approximate surface area is 174 Å². The number of carbonyl (C=O) groups excluding carboxylic acids is 2. The molecule has 160 valence electrons. The number of benzene rings is 1. The molecule has 9 nitrogen and oxygen atoms in total. The lowest BCUT2D eigenvalue weighted by atomic mass is 10.1. The molecule has 2 aromatic rings. The Bertz CT molecular complexity index is 906. The summed E-state index contributed by atoms with van der Waals surface area (Å²) in [5.74, 6) is 2.13. The smallest absolute Gasteiger partial charge is 0.251 e. The lowest BCUT2D eigenvalue weighted by molar-refractivity contribution is -0.120. The summed E-state index contributed by atoms with van der Waals surface area (Å²) in [6.45, 7) is 5.12. The third-order valence-electron chi connectivity index (χ3n) is 5.11. The summed E-state index contributed by atoms with van der Waals surface area (Å²) in [5.41, 5.74) is 0.407. The molecule has 1 fully saturated rings. The zero-order chi connectivity index (χ0) is 20.9. The number of morpholine rings is 1. The van der Waals surface area contributed by atoms with Gasteiger partial charge >= 0.3 is 0 Å². The van der Waals surface area contributed by atoms with Crippen molar-refractivity contribution in [1.29, 1.82) is 0 Å². The molecule has 4 rings (SSSR count). The van der Waals surface area contributed by atoms with Crippen LogP contribution < -0.4 is 20.1 Å². The third-order valence-corrected chi connectivity index (χ3v) is 5.11. The minimum atomic E-state index is -0.352. The molecule has 2 N–H and O–H groups in total. The number of furan rings is 1. The van der Waals surface area contributed by atoms with Gasteiger partial charge in [-0.3, -0.25) is 14.5 Å². The molecule has 2 amide bonds. The number of carbonyl (C=O) groups is 2. The van der Waals surface area contributed by atoms with Crippen molar-refractivity contribution in [2.75, 3.05) is 46.2 Å². The molecule has 0 saturated carbocycles. The molecule has 1 aromatic carbocycles. The monoisotopic (exact) mass is 415 g/mol. The molecule has 0 bridgehead atoms. The lowest BCUT2D eigenvalue weighted by Crippen LogP contribution is -2.45. The first-order valence-electron chi connectivity index (χ1n) is 9.93. The van der Waals surface area contributed by atoms with Gasteiger partial charge in [0.05, 0.1) is 25.8 Å². The summed E-state index contributed by atoms with van der Waals surface area (Å²) in [7, 11) is 0. The fourth-order valence-electron chi connectivity index (χ4n) is 3.50. The van der Waals surface area contributed by atoms with E-state index in [0.29, 0.717) is 36.8 Å². The molecule has 1 aromatic heterocycles. The van der Waals surface area contributed by atoms with Gasteiger partial charge in [-0.15, -0.1) is 0 Å². The Morgan fingerprint density at radius 1 is 1.07 bits per heavy atom. The van der Waals surface area contributed by atoms with E-state index in [9.17, 15) is 9.59 Å². The van der Waals surface area contributed by atoms with E-state index in [4.69, 9.17) is 18.6 Å². The lowest BCUT2D eigenvalue weighted by Gasteiger charge is -2.33. The molecule has 3 heterocycles. The predicted molar refractivity (Wildman–Crippen MR) is 106 cm³/mol. The Balaban J connectivity index is 1.30. The topological polar surface area (TPSA) is 102 Å². The quantitative estimate of drug-likeness (QED) is 0.701. The molecule has 1 atom stereocenters. The molecular weight excluding hydrogens is 390 g/mol. The molecule has 0 spiro atoms. The average molecular weight is 415 g/mol. The molecule has 1 saturated heterocycles. The van der Waals surface area contributed by atoms with E-state index in [0.717, 1.165) is 24.6 Å². The number of rotatable bonds is 7. The summed E-state index contributed by atoms with van der Waals surface area (Å²) in [6.07, 6.45) is 0. The van der Waals surface area contributed by atoms with E-state index < -0.39 is 0 Å². The van der Waals surface area contributed by atoms with Gasteiger partial charge in [0.25, 0.3) is 5.91 Å². The zero-order valence-electron chi connectivity index (χ0n) is 16.8. The molecule has 30 heavy (non-hydrogen) atoms. The second-order valence-corrected chi connectivity index (χ2v) is 7.17. The van der Waals surface area contributed by atoms with Crippen LogP contribution in [0, 0.1) is 6.92 Å². The van der Waals surface area contributed by atoms with Crippen molar-refractivity contribution < 1.29 is 28.2 Å². The average Bonchev–Trinajstić information content (AvgIpc) is 3.41. The molecule has 1 unspecified atom stereocenters. The summed E-state index contributed by atoms with van der Waals surface area (Å²) < 4.78 is 21.7.